The molecule has 0 radical (unpaired) electrons. The summed E-state index contributed by atoms with van der Waals surface area (Å²) in [5.74, 6) is -1.70. The molecule has 8 nitrogen and oxygen atoms in total. The minimum absolute atomic E-state index is 0.162. The summed E-state index contributed by atoms with van der Waals surface area (Å²) < 4.78 is 28.3. The van der Waals surface area contributed by atoms with E-state index in [0.717, 1.165) is 18.4 Å². The quantitative estimate of drug-likeness (QED) is 0.632. The number of anilines is 1. The van der Waals surface area contributed by atoms with Gasteiger partial charge in [-0.15, -0.1) is 0 Å². The molecule has 2 N–H and O–H groups in total. The summed E-state index contributed by atoms with van der Waals surface area (Å²) >= 11 is 0. The van der Waals surface area contributed by atoms with Crippen LogP contribution in [-0.4, -0.2) is 43.7 Å². The van der Waals surface area contributed by atoms with Gasteiger partial charge in [-0.25, -0.2) is 8.42 Å². The van der Waals surface area contributed by atoms with Crippen LogP contribution in [0.25, 0.3) is 0 Å². The van der Waals surface area contributed by atoms with Gasteiger partial charge < -0.3 is 10.6 Å². The predicted molar refractivity (Wildman–Crippen MR) is 125 cm³/mol. The summed E-state index contributed by atoms with van der Waals surface area (Å²) in [7, 11) is -3.67. The Balaban J connectivity index is 1.62. The van der Waals surface area contributed by atoms with Crippen molar-refractivity contribution in [2.45, 2.75) is 50.5 Å². The number of nitrogens with zero attached hydrogens (tertiary/aromatic N) is 2. The lowest BCUT2D eigenvalue weighted by atomic mass is 10.0. The van der Waals surface area contributed by atoms with Gasteiger partial charge in [-0.3, -0.25) is 9.59 Å². The van der Waals surface area contributed by atoms with E-state index in [4.69, 9.17) is 5.26 Å². The molecule has 3 rings (SSSR count). The van der Waals surface area contributed by atoms with Gasteiger partial charge >= 0.3 is 11.8 Å². The molecule has 9 heteroatoms. The van der Waals surface area contributed by atoms with Gasteiger partial charge in [0.05, 0.1) is 16.1 Å². The Morgan fingerprint density at radius 1 is 1.12 bits per heavy atom. The summed E-state index contributed by atoms with van der Waals surface area (Å²) in [4.78, 5) is 24.7. The van der Waals surface area contributed by atoms with E-state index in [-0.39, 0.29) is 23.8 Å². The molecule has 0 spiro atoms. The number of nitriles is 1. The minimum Gasteiger partial charge on any atom is -0.348 e. The van der Waals surface area contributed by atoms with Crippen LogP contribution in [0.1, 0.15) is 42.4 Å². The molecule has 0 aliphatic carbocycles. The van der Waals surface area contributed by atoms with E-state index in [1.165, 1.54) is 4.31 Å². The Hall–Kier alpha value is -3.22. The van der Waals surface area contributed by atoms with Crippen molar-refractivity contribution in [1.29, 1.82) is 5.26 Å². The number of carbonyl (C=O) groups is 2. The topological polar surface area (TPSA) is 119 Å². The van der Waals surface area contributed by atoms with E-state index in [2.05, 4.69) is 10.6 Å². The fraction of sp³-hybridized carbons (Fsp3) is 0.375. The first-order chi connectivity index (χ1) is 15.7. The maximum absolute atomic E-state index is 13.4. The Labute approximate surface area is 194 Å². The largest absolute Gasteiger partial charge is 0.348 e. The van der Waals surface area contributed by atoms with Crippen LogP contribution in [0.5, 0.6) is 0 Å². The zero-order chi connectivity index (χ0) is 24.0. The average Bonchev–Trinajstić information content (AvgIpc) is 2.81. The number of para-hydroxylation sites is 1. The number of hydrogen-bond acceptors (Lipinski definition) is 5. The molecular weight excluding hydrogens is 440 g/mol. The zero-order valence-electron chi connectivity index (χ0n) is 18.8. The normalized spacial score (nSPS) is 16.6. The van der Waals surface area contributed by atoms with Crippen molar-refractivity contribution in [3.8, 4) is 6.07 Å². The van der Waals surface area contributed by atoms with Crippen LogP contribution in [0.3, 0.4) is 0 Å². The number of sulfonamides is 1. The lowest BCUT2D eigenvalue weighted by Gasteiger charge is -2.35. The summed E-state index contributed by atoms with van der Waals surface area (Å²) in [6, 6.07) is 13.5. The first-order valence-corrected chi connectivity index (χ1v) is 12.4. The predicted octanol–water partition coefficient (Wildman–Crippen LogP) is 2.86. The second-order valence-corrected chi connectivity index (χ2v) is 10.0. The summed E-state index contributed by atoms with van der Waals surface area (Å²) in [5, 5.41) is 14.1. The Kier molecular flexibility index (Phi) is 7.84. The number of benzene rings is 2. The zero-order valence-corrected chi connectivity index (χ0v) is 19.6. The van der Waals surface area contributed by atoms with Crippen molar-refractivity contribution in [3.05, 3.63) is 59.2 Å². The third-order valence-electron chi connectivity index (χ3n) is 5.77. The summed E-state index contributed by atoms with van der Waals surface area (Å²) in [5.41, 5.74) is 2.10. The highest BCUT2D eigenvalue weighted by atomic mass is 32.2. The molecule has 0 bridgehead atoms. The lowest BCUT2D eigenvalue weighted by Crippen LogP contribution is -2.46. The van der Waals surface area contributed by atoms with E-state index in [1.807, 2.05) is 25.1 Å². The van der Waals surface area contributed by atoms with Gasteiger partial charge in [0.1, 0.15) is 6.07 Å². The molecular formula is C24H28N4O4S. The number of rotatable bonds is 6. The Morgan fingerprint density at radius 3 is 2.64 bits per heavy atom. The van der Waals surface area contributed by atoms with Gasteiger partial charge in [-0.1, -0.05) is 30.7 Å². The summed E-state index contributed by atoms with van der Waals surface area (Å²) in [6.07, 6.45) is 2.79. The van der Waals surface area contributed by atoms with Gasteiger partial charge in [-0.2, -0.15) is 9.57 Å². The highest BCUT2D eigenvalue weighted by Gasteiger charge is 2.34. The molecule has 1 saturated heterocycles. The molecule has 2 aromatic rings. The van der Waals surface area contributed by atoms with E-state index < -0.39 is 21.8 Å². The minimum atomic E-state index is -3.67. The van der Waals surface area contributed by atoms with Crippen molar-refractivity contribution in [2.24, 2.45) is 0 Å². The molecule has 1 atom stereocenters. The number of piperidine rings is 1. The number of carbonyl (C=O) groups excluding carboxylic acids is 2. The lowest BCUT2D eigenvalue weighted by molar-refractivity contribution is -0.136. The Bertz CT molecular complexity index is 1190. The van der Waals surface area contributed by atoms with Gasteiger partial charge in [0.2, 0.25) is 10.0 Å². The molecule has 2 amide bonds. The summed E-state index contributed by atoms with van der Waals surface area (Å²) in [6.45, 7) is 4.24. The Morgan fingerprint density at radius 2 is 1.88 bits per heavy atom. The van der Waals surface area contributed by atoms with E-state index >= 15 is 0 Å². The van der Waals surface area contributed by atoms with Crippen molar-refractivity contribution < 1.29 is 18.0 Å². The molecule has 1 aliphatic rings. The third kappa shape index (κ3) is 5.78. The molecule has 2 aromatic carbocycles. The molecule has 0 aromatic heterocycles. The van der Waals surface area contributed by atoms with Crippen LogP contribution < -0.4 is 10.6 Å². The van der Waals surface area contributed by atoms with Crippen LogP contribution in [0.2, 0.25) is 0 Å². The van der Waals surface area contributed by atoms with E-state index in [0.29, 0.717) is 29.8 Å². The van der Waals surface area contributed by atoms with Crippen LogP contribution in [0.15, 0.2) is 47.4 Å². The second kappa shape index (κ2) is 10.6. The molecule has 174 valence electrons. The maximum Gasteiger partial charge on any atom is 0.313 e. The van der Waals surface area contributed by atoms with Crippen molar-refractivity contribution in [1.82, 2.24) is 9.62 Å². The highest BCUT2D eigenvalue weighted by molar-refractivity contribution is 7.89. The molecule has 1 fully saturated rings. The molecule has 0 unspecified atom stereocenters. The van der Waals surface area contributed by atoms with Gasteiger partial charge in [-0.05, 0) is 62.4 Å². The van der Waals surface area contributed by atoms with Gasteiger partial charge in [0.25, 0.3) is 0 Å². The number of hydrogen-bond donors (Lipinski definition) is 2. The van der Waals surface area contributed by atoms with Crippen molar-refractivity contribution >= 4 is 27.5 Å². The maximum atomic E-state index is 13.4. The van der Waals surface area contributed by atoms with Crippen LogP contribution >= 0.6 is 0 Å². The number of amides is 2. The van der Waals surface area contributed by atoms with E-state index in [9.17, 15) is 18.0 Å². The average molecular weight is 469 g/mol. The first-order valence-electron chi connectivity index (χ1n) is 10.9. The van der Waals surface area contributed by atoms with Gasteiger partial charge in [0.15, 0.2) is 0 Å². The SMILES string of the molecule is Cc1ccc(C)c(S(=O)(=O)N2CCCC[C@H]2CCNC(=O)C(=O)Nc2ccccc2C#N)c1. The molecule has 1 heterocycles. The highest BCUT2D eigenvalue weighted by Crippen LogP contribution is 2.29. The standard InChI is InChI=1S/C24H28N4O4S/c1-17-10-11-18(2)22(15-17)33(31,32)28-14-6-5-8-20(28)12-13-26-23(29)24(30)27-21-9-4-3-7-19(21)16-25/h3-4,7,9-11,15,20H,5-6,8,12-14H2,1-2H3,(H,26,29)(H,27,30)/t20-/m0/s1. The van der Waals surface area contributed by atoms with Crippen LogP contribution in [0.4, 0.5) is 5.69 Å². The fourth-order valence-electron chi connectivity index (χ4n) is 3.99. The molecule has 33 heavy (non-hydrogen) atoms. The van der Waals surface area contributed by atoms with Gasteiger partial charge in [0, 0.05) is 19.1 Å². The second-order valence-electron chi connectivity index (χ2n) is 8.19. The third-order valence-corrected chi connectivity index (χ3v) is 7.86. The number of nitrogens with one attached hydrogen (secondary N) is 2. The fourth-order valence-corrected chi connectivity index (χ4v) is 6.03. The van der Waals surface area contributed by atoms with Crippen LogP contribution in [0, 0.1) is 25.2 Å². The van der Waals surface area contributed by atoms with Crippen molar-refractivity contribution in [3.63, 3.8) is 0 Å². The monoisotopic (exact) mass is 468 g/mol. The number of aryl methyl sites for hydroxylation is 2. The van der Waals surface area contributed by atoms with Crippen LogP contribution in [-0.2, 0) is 19.6 Å². The molecule has 0 saturated carbocycles. The first kappa shape index (κ1) is 24.4. The van der Waals surface area contributed by atoms with Crippen molar-refractivity contribution in [2.75, 3.05) is 18.4 Å². The van der Waals surface area contributed by atoms with E-state index in [1.54, 1.807) is 37.3 Å². The molecule has 1 aliphatic heterocycles. The smallest absolute Gasteiger partial charge is 0.313 e.